The maximum absolute atomic E-state index is 14.0. The van der Waals surface area contributed by atoms with Crippen LogP contribution in [0.4, 0.5) is 8.78 Å². The van der Waals surface area contributed by atoms with Crippen LogP contribution < -0.4 is 5.32 Å². The molecule has 0 spiro atoms. The summed E-state index contributed by atoms with van der Waals surface area (Å²) < 4.78 is 33.5. The van der Waals surface area contributed by atoms with Gasteiger partial charge in [-0.05, 0) is 61.9 Å². The fourth-order valence-corrected chi connectivity index (χ4v) is 3.62. The van der Waals surface area contributed by atoms with Crippen LogP contribution in [0, 0.1) is 23.0 Å². The van der Waals surface area contributed by atoms with Crippen LogP contribution in [0.5, 0.6) is 0 Å². The molecule has 2 nitrogen and oxygen atoms in total. The molecule has 2 atom stereocenters. The third-order valence-electron chi connectivity index (χ3n) is 4.83. The molecule has 1 aliphatic carbocycles. The molecule has 2 fully saturated rings. The summed E-state index contributed by atoms with van der Waals surface area (Å²) in [6, 6.07) is 3.75. The summed E-state index contributed by atoms with van der Waals surface area (Å²) in [4.78, 5) is 0. The van der Waals surface area contributed by atoms with Crippen molar-refractivity contribution < 1.29 is 13.5 Å². The number of benzene rings is 1. The molecule has 21 heavy (non-hydrogen) atoms. The molecule has 0 radical (unpaired) electrons. The monoisotopic (exact) mass is 295 g/mol. The summed E-state index contributed by atoms with van der Waals surface area (Å²) in [5.41, 5.74) is 0.371. The largest absolute Gasteiger partial charge is 0.377 e. The second-order valence-electron chi connectivity index (χ2n) is 6.43. The van der Waals surface area contributed by atoms with Gasteiger partial charge in [-0.3, -0.25) is 0 Å². The van der Waals surface area contributed by atoms with E-state index in [0.717, 1.165) is 26.1 Å². The van der Waals surface area contributed by atoms with Crippen molar-refractivity contribution in [3.8, 4) is 0 Å². The predicted molar refractivity (Wildman–Crippen MR) is 78.1 cm³/mol. The second kappa shape index (κ2) is 6.01. The second-order valence-corrected chi connectivity index (χ2v) is 6.43. The first-order valence-corrected chi connectivity index (χ1v) is 7.91. The van der Waals surface area contributed by atoms with Crippen LogP contribution in [0.25, 0.3) is 0 Å². The minimum absolute atomic E-state index is 0.105. The van der Waals surface area contributed by atoms with Crippen molar-refractivity contribution in [3.63, 3.8) is 0 Å². The first kappa shape index (κ1) is 14.9. The van der Waals surface area contributed by atoms with Crippen LogP contribution in [0.15, 0.2) is 18.2 Å². The van der Waals surface area contributed by atoms with Crippen LogP contribution in [0.2, 0.25) is 0 Å². The highest BCUT2D eigenvalue weighted by Gasteiger charge is 2.50. The van der Waals surface area contributed by atoms with Crippen molar-refractivity contribution in [2.45, 2.75) is 38.7 Å². The van der Waals surface area contributed by atoms with Gasteiger partial charge in [-0.25, -0.2) is 8.78 Å². The lowest BCUT2D eigenvalue weighted by Gasteiger charge is -2.35. The normalized spacial score (nSPS) is 29.0. The minimum Gasteiger partial charge on any atom is -0.377 e. The highest BCUT2D eigenvalue weighted by Crippen LogP contribution is 2.49. The molecule has 1 saturated carbocycles. The molecule has 116 valence electrons. The number of ether oxygens (including phenoxy) is 1. The van der Waals surface area contributed by atoms with E-state index in [1.165, 1.54) is 31.0 Å². The van der Waals surface area contributed by atoms with Gasteiger partial charge < -0.3 is 10.1 Å². The zero-order valence-corrected chi connectivity index (χ0v) is 12.5. The van der Waals surface area contributed by atoms with Crippen LogP contribution in [0.3, 0.4) is 0 Å². The average molecular weight is 295 g/mol. The van der Waals surface area contributed by atoms with Crippen molar-refractivity contribution >= 4 is 0 Å². The zero-order valence-electron chi connectivity index (χ0n) is 12.5. The number of hydrogen-bond donors (Lipinski definition) is 1. The first-order valence-electron chi connectivity index (χ1n) is 7.91. The summed E-state index contributed by atoms with van der Waals surface area (Å²) in [6.07, 6.45) is 4.04. The Morgan fingerprint density at radius 2 is 2.14 bits per heavy atom. The smallest absolute Gasteiger partial charge is 0.126 e. The fraction of sp³-hybridized carbons (Fsp3) is 0.647. The lowest BCUT2D eigenvalue weighted by atomic mass is 9.74. The van der Waals surface area contributed by atoms with E-state index in [1.54, 1.807) is 0 Å². The van der Waals surface area contributed by atoms with E-state index in [-0.39, 0.29) is 23.2 Å². The Bertz CT molecular complexity index is 504. The highest BCUT2D eigenvalue weighted by atomic mass is 19.1. The minimum atomic E-state index is -0.369. The van der Waals surface area contributed by atoms with E-state index in [2.05, 4.69) is 12.2 Å². The van der Waals surface area contributed by atoms with Gasteiger partial charge in [0.1, 0.15) is 11.6 Å². The highest BCUT2D eigenvalue weighted by molar-refractivity contribution is 5.22. The summed E-state index contributed by atoms with van der Waals surface area (Å²) in [5.74, 6) is -0.0802. The van der Waals surface area contributed by atoms with Crippen molar-refractivity contribution in [1.82, 2.24) is 5.32 Å². The molecule has 1 aromatic rings. The van der Waals surface area contributed by atoms with Crippen molar-refractivity contribution in [3.05, 3.63) is 35.4 Å². The van der Waals surface area contributed by atoms with Gasteiger partial charge in [0.15, 0.2) is 0 Å². The molecule has 4 heteroatoms. The fourth-order valence-electron chi connectivity index (χ4n) is 3.62. The maximum atomic E-state index is 14.0. The Morgan fingerprint density at radius 1 is 1.33 bits per heavy atom. The molecule has 0 aromatic heterocycles. The molecule has 1 aromatic carbocycles. The van der Waals surface area contributed by atoms with Crippen LogP contribution in [0.1, 0.15) is 31.7 Å². The van der Waals surface area contributed by atoms with E-state index < -0.39 is 0 Å². The zero-order chi connectivity index (χ0) is 14.9. The summed E-state index contributed by atoms with van der Waals surface area (Å²) in [6.45, 7) is 4.48. The van der Waals surface area contributed by atoms with Gasteiger partial charge in [-0.2, -0.15) is 0 Å². The van der Waals surface area contributed by atoms with Gasteiger partial charge in [0.05, 0.1) is 6.10 Å². The van der Waals surface area contributed by atoms with Crippen molar-refractivity contribution in [2.75, 3.05) is 19.7 Å². The lowest BCUT2D eigenvalue weighted by Crippen LogP contribution is -2.43. The topological polar surface area (TPSA) is 21.3 Å². The summed E-state index contributed by atoms with van der Waals surface area (Å²) >= 11 is 0. The standard InChI is InChI=1S/C17H23F2NO/c1-2-20-11-17(7-8-21-16(17)12-3-4-12)10-13-9-14(18)5-6-15(13)19/h5-6,9,12,16,20H,2-4,7-8,10-11H2,1H3. The summed E-state index contributed by atoms with van der Waals surface area (Å²) in [5, 5.41) is 3.40. The Kier molecular flexibility index (Phi) is 4.27. The van der Waals surface area contributed by atoms with E-state index >= 15 is 0 Å². The molecular weight excluding hydrogens is 272 g/mol. The number of hydrogen-bond acceptors (Lipinski definition) is 2. The molecule has 1 heterocycles. The number of halogens is 2. The predicted octanol–water partition coefficient (Wildman–Crippen LogP) is 3.30. The molecule has 2 unspecified atom stereocenters. The van der Waals surface area contributed by atoms with E-state index in [9.17, 15) is 8.78 Å². The molecule has 1 saturated heterocycles. The molecule has 1 N–H and O–H groups in total. The summed E-state index contributed by atoms with van der Waals surface area (Å²) in [7, 11) is 0. The maximum Gasteiger partial charge on any atom is 0.126 e. The third-order valence-corrected chi connectivity index (χ3v) is 4.83. The van der Waals surface area contributed by atoms with Crippen LogP contribution >= 0.6 is 0 Å². The van der Waals surface area contributed by atoms with Gasteiger partial charge in [0, 0.05) is 18.6 Å². The first-order chi connectivity index (χ1) is 10.1. The van der Waals surface area contributed by atoms with Crippen molar-refractivity contribution in [1.29, 1.82) is 0 Å². The van der Waals surface area contributed by atoms with Crippen LogP contribution in [-0.4, -0.2) is 25.8 Å². The average Bonchev–Trinajstić information content (AvgIpc) is 3.23. The third kappa shape index (κ3) is 3.11. The Hall–Kier alpha value is -1.00. The lowest BCUT2D eigenvalue weighted by molar-refractivity contribution is 0.0305. The van der Waals surface area contributed by atoms with Gasteiger partial charge in [-0.15, -0.1) is 0 Å². The van der Waals surface area contributed by atoms with Gasteiger partial charge in [-0.1, -0.05) is 6.92 Å². The SMILES string of the molecule is CCNCC1(Cc2cc(F)ccc2F)CCOC1C1CC1. The van der Waals surface area contributed by atoms with Crippen molar-refractivity contribution in [2.24, 2.45) is 11.3 Å². The van der Waals surface area contributed by atoms with E-state index in [4.69, 9.17) is 4.74 Å². The quantitative estimate of drug-likeness (QED) is 0.869. The molecule has 0 bridgehead atoms. The Labute approximate surface area is 124 Å². The van der Waals surface area contributed by atoms with E-state index in [1.807, 2.05) is 0 Å². The number of nitrogens with one attached hydrogen (secondary N) is 1. The molecular formula is C17H23F2NO. The Balaban J connectivity index is 1.86. The molecule has 0 amide bonds. The van der Waals surface area contributed by atoms with Gasteiger partial charge in [0.25, 0.3) is 0 Å². The molecule has 1 aliphatic heterocycles. The van der Waals surface area contributed by atoms with Gasteiger partial charge >= 0.3 is 0 Å². The molecule has 2 aliphatic rings. The van der Waals surface area contributed by atoms with Crippen LogP contribution in [-0.2, 0) is 11.2 Å². The van der Waals surface area contributed by atoms with E-state index in [0.29, 0.717) is 17.9 Å². The number of rotatable bonds is 6. The molecule has 3 rings (SSSR count). The van der Waals surface area contributed by atoms with Gasteiger partial charge in [0.2, 0.25) is 0 Å². The Morgan fingerprint density at radius 3 is 2.86 bits per heavy atom.